The van der Waals surface area contributed by atoms with Crippen molar-refractivity contribution in [1.29, 1.82) is 0 Å². The van der Waals surface area contributed by atoms with Crippen LogP contribution in [0.4, 0.5) is 0 Å². The van der Waals surface area contributed by atoms with Gasteiger partial charge in [-0.1, -0.05) is 87.4 Å². The lowest BCUT2D eigenvalue weighted by Gasteiger charge is -2.36. The van der Waals surface area contributed by atoms with Crippen LogP contribution in [0.15, 0.2) is 83.8 Å². The number of unbranched alkanes of at least 4 members (excludes halogenated alkanes) is 1. The lowest BCUT2D eigenvalue weighted by molar-refractivity contribution is 0.294. The highest BCUT2D eigenvalue weighted by Crippen LogP contribution is 2.38. The average molecular weight is 464 g/mol. The predicted molar refractivity (Wildman–Crippen MR) is 133 cm³/mol. The molecule has 0 bridgehead atoms. The maximum absolute atomic E-state index is 13.4. The third kappa shape index (κ3) is 5.31. The van der Waals surface area contributed by atoms with Gasteiger partial charge in [0.2, 0.25) is 0 Å². The monoisotopic (exact) mass is 463 g/mol. The highest BCUT2D eigenvalue weighted by atomic mass is 32.2. The SMILES string of the molecule is CCCC[C@@]1(CC)CS(=O)(=O)c2ccccc2[C@@H](c2ccc(OCc3ccccc3)cc2)N1. The topological polar surface area (TPSA) is 55.4 Å². The van der Waals surface area contributed by atoms with Crippen LogP contribution in [0.25, 0.3) is 0 Å². The molecule has 0 spiro atoms. The number of fused-ring (bicyclic) bond motifs is 1. The summed E-state index contributed by atoms with van der Waals surface area (Å²) in [5.41, 5.74) is 2.53. The second-order valence-electron chi connectivity index (χ2n) is 8.96. The first kappa shape index (κ1) is 23.5. The second-order valence-corrected chi connectivity index (χ2v) is 10.9. The van der Waals surface area contributed by atoms with E-state index in [2.05, 4.69) is 19.2 Å². The Labute approximate surface area is 197 Å². The van der Waals surface area contributed by atoms with Gasteiger partial charge in [-0.15, -0.1) is 0 Å². The molecule has 4 rings (SSSR count). The van der Waals surface area contributed by atoms with Crippen molar-refractivity contribution in [2.75, 3.05) is 5.75 Å². The van der Waals surface area contributed by atoms with Crippen LogP contribution >= 0.6 is 0 Å². The minimum absolute atomic E-state index is 0.127. The summed E-state index contributed by atoms with van der Waals surface area (Å²) in [5, 5.41) is 3.80. The van der Waals surface area contributed by atoms with Gasteiger partial charge in [0.1, 0.15) is 12.4 Å². The van der Waals surface area contributed by atoms with E-state index in [9.17, 15) is 8.42 Å². The molecule has 0 saturated heterocycles. The normalized spacial score (nSPS) is 21.7. The molecule has 4 nitrogen and oxygen atoms in total. The van der Waals surface area contributed by atoms with E-state index in [1.54, 1.807) is 6.07 Å². The summed E-state index contributed by atoms with van der Waals surface area (Å²) >= 11 is 0. The molecule has 1 heterocycles. The van der Waals surface area contributed by atoms with E-state index in [-0.39, 0.29) is 11.8 Å². The summed E-state index contributed by atoms with van der Waals surface area (Å²) in [6.07, 6.45) is 3.62. The zero-order valence-electron chi connectivity index (χ0n) is 19.5. The first-order valence-corrected chi connectivity index (χ1v) is 13.5. The Kier molecular flexibility index (Phi) is 7.20. The van der Waals surface area contributed by atoms with Crippen LogP contribution in [0, 0.1) is 0 Å². The fourth-order valence-corrected chi connectivity index (χ4v) is 6.82. The average Bonchev–Trinajstić information content (AvgIpc) is 2.95. The molecule has 174 valence electrons. The molecule has 0 amide bonds. The number of nitrogens with one attached hydrogen (secondary N) is 1. The fourth-order valence-electron chi connectivity index (χ4n) is 4.67. The number of sulfone groups is 1. The van der Waals surface area contributed by atoms with Crippen LogP contribution in [0.3, 0.4) is 0 Å². The largest absolute Gasteiger partial charge is 0.489 e. The van der Waals surface area contributed by atoms with E-state index in [4.69, 9.17) is 4.74 Å². The predicted octanol–water partition coefficient (Wildman–Crippen LogP) is 6.07. The molecular weight excluding hydrogens is 430 g/mol. The van der Waals surface area contributed by atoms with Crippen LogP contribution in [-0.2, 0) is 16.4 Å². The highest BCUT2D eigenvalue weighted by molar-refractivity contribution is 7.91. The van der Waals surface area contributed by atoms with Crippen LogP contribution in [0.1, 0.15) is 62.3 Å². The Morgan fingerprint density at radius 1 is 0.939 bits per heavy atom. The summed E-state index contributed by atoms with van der Waals surface area (Å²) < 4.78 is 32.8. The van der Waals surface area contributed by atoms with Crippen molar-refractivity contribution in [3.63, 3.8) is 0 Å². The highest BCUT2D eigenvalue weighted by Gasteiger charge is 2.41. The third-order valence-electron chi connectivity index (χ3n) is 6.63. The molecule has 0 aliphatic carbocycles. The summed E-state index contributed by atoms with van der Waals surface area (Å²) in [7, 11) is -3.40. The molecule has 0 fully saturated rings. The smallest absolute Gasteiger partial charge is 0.180 e. The number of benzene rings is 3. The lowest BCUT2D eigenvalue weighted by atomic mass is 9.88. The molecule has 0 radical (unpaired) electrons. The van der Waals surface area contributed by atoms with Gasteiger partial charge in [0, 0.05) is 5.54 Å². The van der Waals surface area contributed by atoms with Crippen molar-refractivity contribution in [1.82, 2.24) is 5.32 Å². The van der Waals surface area contributed by atoms with E-state index < -0.39 is 15.4 Å². The van der Waals surface area contributed by atoms with Crippen molar-refractivity contribution in [3.8, 4) is 5.75 Å². The number of hydrogen-bond donors (Lipinski definition) is 1. The van der Waals surface area contributed by atoms with Crippen LogP contribution in [-0.4, -0.2) is 19.7 Å². The molecule has 1 aliphatic heterocycles. The van der Waals surface area contributed by atoms with Gasteiger partial charge in [0.05, 0.1) is 16.7 Å². The molecule has 33 heavy (non-hydrogen) atoms. The van der Waals surface area contributed by atoms with Crippen LogP contribution < -0.4 is 10.1 Å². The minimum atomic E-state index is -3.40. The van der Waals surface area contributed by atoms with Crippen molar-refractivity contribution in [2.24, 2.45) is 0 Å². The Balaban J connectivity index is 1.66. The third-order valence-corrected chi connectivity index (χ3v) is 8.60. The summed E-state index contributed by atoms with van der Waals surface area (Å²) in [4.78, 5) is 0.443. The van der Waals surface area contributed by atoms with Crippen molar-refractivity contribution in [3.05, 3.63) is 95.6 Å². The van der Waals surface area contributed by atoms with Gasteiger partial charge in [-0.3, -0.25) is 5.32 Å². The van der Waals surface area contributed by atoms with Gasteiger partial charge >= 0.3 is 0 Å². The molecule has 5 heteroatoms. The minimum Gasteiger partial charge on any atom is -0.489 e. The van der Waals surface area contributed by atoms with E-state index in [0.717, 1.165) is 48.1 Å². The van der Waals surface area contributed by atoms with E-state index in [1.807, 2.05) is 72.8 Å². The Hall–Kier alpha value is -2.63. The molecular formula is C28H33NO3S. The zero-order chi connectivity index (χ0) is 23.3. The fraction of sp³-hybridized carbons (Fsp3) is 0.357. The molecule has 3 aromatic rings. The molecule has 3 aromatic carbocycles. The Morgan fingerprint density at radius 2 is 1.64 bits per heavy atom. The van der Waals surface area contributed by atoms with Crippen LogP contribution in [0.2, 0.25) is 0 Å². The zero-order valence-corrected chi connectivity index (χ0v) is 20.3. The summed E-state index contributed by atoms with van der Waals surface area (Å²) in [6, 6.07) is 25.4. The van der Waals surface area contributed by atoms with Gasteiger partial charge in [0.25, 0.3) is 0 Å². The maximum Gasteiger partial charge on any atom is 0.180 e. The molecule has 2 atom stereocenters. The standard InChI is InChI=1S/C28H33NO3S/c1-3-5-19-28(4-2)21-33(30,31)26-14-10-9-13-25(26)27(29-28)23-15-17-24(18-16-23)32-20-22-11-7-6-8-12-22/h6-18,27,29H,3-5,19-21H2,1-2H3/t27-,28+/m1/s1. The van der Waals surface area contributed by atoms with Crippen LogP contribution in [0.5, 0.6) is 5.75 Å². The Morgan fingerprint density at radius 3 is 2.33 bits per heavy atom. The van der Waals surface area contributed by atoms with E-state index in [1.165, 1.54) is 0 Å². The van der Waals surface area contributed by atoms with Gasteiger partial charge in [-0.25, -0.2) is 8.42 Å². The first-order chi connectivity index (χ1) is 16.0. The molecule has 0 aromatic heterocycles. The lowest BCUT2D eigenvalue weighted by Crippen LogP contribution is -2.50. The van der Waals surface area contributed by atoms with Gasteiger partial charge in [-0.05, 0) is 47.7 Å². The van der Waals surface area contributed by atoms with E-state index >= 15 is 0 Å². The molecule has 1 N–H and O–H groups in total. The van der Waals surface area contributed by atoms with Crippen molar-refractivity contribution < 1.29 is 13.2 Å². The summed E-state index contributed by atoms with van der Waals surface area (Å²) in [6.45, 7) is 4.75. The summed E-state index contributed by atoms with van der Waals surface area (Å²) in [5.74, 6) is 0.923. The molecule has 0 saturated carbocycles. The van der Waals surface area contributed by atoms with Gasteiger partial charge < -0.3 is 4.74 Å². The molecule has 0 unspecified atom stereocenters. The number of hydrogen-bond acceptors (Lipinski definition) is 4. The Bertz CT molecular complexity index is 1160. The number of ether oxygens (including phenoxy) is 1. The van der Waals surface area contributed by atoms with Gasteiger partial charge in [-0.2, -0.15) is 0 Å². The number of rotatable bonds is 8. The maximum atomic E-state index is 13.4. The van der Waals surface area contributed by atoms with E-state index in [0.29, 0.717) is 11.5 Å². The van der Waals surface area contributed by atoms with Gasteiger partial charge in [0.15, 0.2) is 9.84 Å². The molecule has 1 aliphatic rings. The quantitative estimate of drug-likeness (QED) is 0.440. The van der Waals surface area contributed by atoms with Crippen molar-refractivity contribution in [2.45, 2.75) is 62.6 Å². The first-order valence-electron chi connectivity index (χ1n) is 11.8. The van der Waals surface area contributed by atoms with Crippen molar-refractivity contribution >= 4 is 9.84 Å². The second kappa shape index (κ2) is 10.1.